The van der Waals surface area contributed by atoms with Gasteiger partial charge in [0.15, 0.2) is 16.6 Å². The molecule has 0 fully saturated rings. The molecule has 0 saturated carbocycles. The van der Waals surface area contributed by atoms with Crippen LogP contribution in [-0.2, 0) is 6.54 Å². The van der Waals surface area contributed by atoms with E-state index in [1.54, 1.807) is 26.4 Å². The van der Waals surface area contributed by atoms with Gasteiger partial charge in [-0.1, -0.05) is 6.07 Å². The lowest BCUT2D eigenvalue weighted by Crippen LogP contribution is -2.30. The molecule has 0 aliphatic rings. The number of methoxy groups -OCH3 is 2. The first-order valence-electron chi connectivity index (χ1n) is 7.02. The van der Waals surface area contributed by atoms with Crippen molar-refractivity contribution >= 4 is 23.0 Å². The summed E-state index contributed by atoms with van der Waals surface area (Å²) in [6, 6.07) is 11.8. The lowest BCUT2D eigenvalue weighted by Gasteiger charge is -2.21. The number of nitrogens with one attached hydrogen (secondary N) is 1. The zero-order valence-electron chi connectivity index (χ0n) is 13.3. The number of ether oxygens (including phenoxy) is 2. The van der Waals surface area contributed by atoms with Crippen molar-refractivity contribution in [3.05, 3.63) is 53.8 Å². The Kier molecular flexibility index (Phi) is 5.76. The summed E-state index contributed by atoms with van der Waals surface area (Å²) < 4.78 is 23.4. The fraction of sp³-hybridized carbons (Fsp3) is 0.235. The van der Waals surface area contributed by atoms with Crippen LogP contribution in [0.4, 0.5) is 10.1 Å². The average Bonchev–Trinajstić information content (AvgIpc) is 2.56. The Morgan fingerprint density at radius 2 is 1.74 bits per heavy atom. The Labute approximate surface area is 140 Å². The third-order valence-electron chi connectivity index (χ3n) is 3.31. The molecule has 0 spiro atoms. The summed E-state index contributed by atoms with van der Waals surface area (Å²) in [6.45, 7) is 0.605. The number of thiocarbonyl (C=S) groups is 1. The molecule has 2 aromatic rings. The Bertz CT molecular complexity index is 677. The number of nitrogens with zero attached hydrogens (tertiary/aromatic N) is 1. The molecule has 0 amide bonds. The molecule has 0 unspecified atom stereocenters. The van der Waals surface area contributed by atoms with E-state index in [4.69, 9.17) is 21.7 Å². The number of rotatable bonds is 5. The second kappa shape index (κ2) is 7.78. The molecule has 2 rings (SSSR count). The third kappa shape index (κ3) is 4.56. The smallest absolute Gasteiger partial charge is 0.173 e. The molecule has 0 saturated heterocycles. The van der Waals surface area contributed by atoms with Gasteiger partial charge in [0.05, 0.1) is 14.2 Å². The van der Waals surface area contributed by atoms with Gasteiger partial charge in [-0.25, -0.2) is 4.39 Å². The molecule has 23 heavy (non-hydrogen) atoms. The lowest BCUT2D eigenvalue weighted by molar-refractivity contribution is 0.354. The van der Waals surface area contributed by atoms with Gasteiger partial charge < -0.3 is 19.7 Å². The maximum atomic E-state index is 12.9. The first-order valence-corrected chi connectivity index (χ1v) is 7.43. The number of halogens is 1. The van der Waals surface area contributed by atoms with E-state index in [9.17, 15) is 4.39 Å². The summed E-state index contributed by atoms with van der Waals surface area (Å²) in [6.07, 6.45) is 0. The monoisotopic (exact) mass is 334 g/mol. The van der Waals surface area contributed by atoms with Crippen LogP contribution in [0.25, 0.3) is 0 Å². The summed E-state index contributed by atoms with van der Waals surface area (Å²) in [5, 5.41) is 3.62. The van der Waals surface area contributed by atoms with Gasteiger partial charge in [-0.15, -0.1) is 0 Å². The van der Waals surface area contributed by atoms with Crippen molar-refractivity contribution in [3.8, 4) is 11.5 Å². The maximum Gasteiger partial charge on any atom is 0.173 e. The summed E-state index contributed by atoms with van der Waals surface area (Å²) in [7, 11) is 5.09. The molecule has 122 valence electrons. The van der Waals surface area contributed by atoms with Crippen LogP contribution in [-0.4, -0.2) is 31.3 Å². The lowest BCUT2D eigenvalue weighted by atomic mass is 10.2. The predicted molar refractivity (Wildman–Crippen MR) is 93.6 cm³/mol. The average molecular weight is 334 g/mol. The molecule has 1 N–H and O–H groups in total. The fourth-order valence-corrected chi connectivity index (χ4v) is 2.26. The van der Waals surface area contributed by atoms with Crippen LogP contribution >= 0.6 is 12.2 Å². The minimum Gasteiger partial charge on any atom is -0.493 e. The van der Waals surface area contributed by atoms with Gasteiger partial charge in [0.25, 0.3) is 0 Å². The number of hydrogen-bond donors (Lipinski definition) is 1. The van der Waals surface area contributed by atoms with Crippen LogP contribution in [0.3, 0.4) is 0 Å². The van der Waals surface area contributed by atoms with Gasteiger partial charge in [-0.2, -0.15) is 0 Å². The van der Waals surface area contributed by atoms with Crippen molar-refractivity contribution in [2.45, 2.75) is 6.54 Å². The highest BCUT2D eigenvalue weighted by molar-refractivity contribution is 7.80. The highest BCUT2D eigenvalue weighted by atomic mass is 32.1. The van der Waals surface area contributed by atoms with E-state index < -0.39 is 0 Å². The fourth-order valence-electron chi connectivity index (χ4n) is 2.08. The molecule has 4 nitrogen and oxygen atoms in total. The quantitative estimate of drug-likeness (QED) is 0.844. The summed E-state index contributed by atoms with van der Waals surface area (Å²) in [5.41, 5.74) is 1.78. The Balaban J connectivity index is 2.01. The van der Waals surface area contributed by atoms with E-state index in [0.717, 1.165) is 11.3 Å². The second-order valence-electron chi connectivity index (χ2n) is 4.98. The van der Waals surface area contributed by atoms with Gasteiger partial charge in [0, 0.05) is 19.3 Å². The number of hydrogen-bond acceptors (Lipinski definition) is 3. The maximum absolute atomic E-state index is 12.9. The van der Waals surface area contributed by atoms with E-state index in [2.05, 4.69) is 5.32 Å². The van der Waals surface area contributed by atoms with Crippen molar-refractivity contribution in [3.63, 3.8) is 0 Å². The van der Waals surface area contributed by atoms with E-state index in [1.165, 1.54) is 12.1 Å². The molecule has 0 atom stereocenters. The van der Waals surface area contributed by atoms with Gasteiger partial charge in [-0.3, -0.25) is 0 Å². The highest BCUT2D eigenvalue weighted by Crippen LogP contribution is 2.28. The molecule has 0 aromatic heterocycles. The molecule has 6 heteroatoms. The van der Waals surface area contributed by atoms with E-state index >= 15 is 0 Å². The van der Waals surface area contributed by atoms with E-state index in [0.29, 0.717) is 23.2 Å². The zero-order valence-corrected chi connectivity index (χ0v) is 14.1. The topological polar surface area (TPSA) is 33.7 Å². The third-order valence-corrected chi connectivity index (χ3v) is 3.72. The molecule has 0 radical (unpaired) electrons. The van der Waals surface area contributed by atoms with Crippen LogP contribution < -0.4 is 14.8 Å². The van der Waals surface area contributed by atoms with Crippen molar-refractivity contribution in [2.24, 2.45) is 0 Å². The molecule has 2 aromatic carbocycles. The number of anilines is 1. The van der Waals surface area contributed by atoms with Gasteiger partial charge in [-0.05, 0) is 54.2 Å². The van der Waals surface area contributed by atoms with Gasteiger partial charge >= 0.3 is 0 Å². The highest BCUT2D eigenvalue weighted by Gasteiger charge is 2.09. The van der Waals surface area contributed by atoms with Crippen molar-refractivity contribution in [2.75, 3.05) is 26.6 Å². The molecular formula is C17H19FN2O2S. The molecular weight excluding hydrogens is 315 g/mol. The SMILES string of the molecule is COc1ccc(CN(C)C(=S)Nc2ccc(F)cc2)cc1OC. The Morgan fingerprint density at radius 1 is 1.09 bits per heavy atom. The standard InChI is InChI=1S/C17H19FN2O2S/c1-20(17(23)19-14-7-5-13(18)6-8-14)11-12-4-9-15(21-2)16(10-12)22-3/h4-10H,11H2,1-3H3,(H,19,23). The first kappa shape index (κ1) is 17.0. The van der Waals surface area contributed by atoms with Crippen LogP contribution in [0.15, 0.2) is 42.5 Å². The van der Waals surface area contributed by atoms with Crippen LogP contribution in [0.2, 0.25) is 0 Å². The van der Waals surface area contributed by atoms with E-state index in [-0.39, 0.29) is 5.82 Å². The normalized spacial score (nSPS) is 10.1. The minimum absolute atomic E-state index is 0.278. The van der Waals surface area contributed by atoms with Gasteiger partial charge in [0.1, 0.15) is 5.82 Å². The van der Waals surface area contributed by atoms with E-state index in [1.807, 2.05) is 30.1 Å². The van der Waals surface area contributed by atoms with Crippen molar-refractivity contribution < 1.29 is 13.9 Å². The first-order chi connectivity index (χ1) is 11.0. The van der Waals surface area contributed by atoms with Crippen LogP contribution in [0, 0.1) is 5.82 Å². The molecule has 0 heterocycles. The molecule has 0 aliphatic heterocycles. The molecule has 0 bridgehead atoms. The largest absolute Gasteiger partial charge is 0.493 e. The van der Waals surface area contributed by atoms with Crippen LogP contribution in [0.5, 0.6) is 11.5 Å². The van der Waals surface area contributed by atoms with Crippen molar-refractivity contribution in [1.29, 1.82) is 0 Å². The predicted octanol–water partition coefficient (Wildman–Crippen LogP) is 3.67. The van der Waals surface area contributed by atoms with Crippen molar-refractivity contribution in [1.82, 2.24) is 4.90 Å². The summed E-state index contributed by atoms with van der Waals surface area (Å²) in [4.78, 5) is 1.89. The molecule has 0 aliphatic carbocycles. The van der Waals surface area contributed by atoms with Gasteiger partial charge in [0.2, 0.25) is 0 Å². The Morgan fingerprint density at radius 3 is 2.35 bits per heavy atom. The Hall–Kier alpha value is -2.34. The van der Waals surface area contributed by atoms with Crippen LogP contribution in [0.1, 0.15) is 5.56 Å². The number of benzene rings is 2. The summed E-state index contributed by atoms with van der Waals surface area (Å²) in [5.74, 6) is 1.09. The summed E-state index contributed by atoms with van der Waals surface area (Å²) >= 11 is 5.37. The zero-order chi connectivity index (χ0) is 16.8. The minimum atomic E-state index is -0.278. The second-order valence-corrected chi connectivity index (χ2v) is 5.37.